The van der Waals surface area contributed by atoms with Gasteiger partial charge in [-0.2, -0.15) is 4.98 Å². The molecule has 2 N–H and O–H groups in total. The van der Waals surface area contributed by atoms with Crippen molar-refractivity contribution in [2.45, 2.75) is 64.8 Å². The van der Waals surface area contributed by atoms with Crippen LogP contribution < -0.4 is 15.5 Å². The molecule has 1 amide bonds. The third-order valence-electron chi connectivity index (χ3n) is 8.89. The van der Waals surface area contributed by atoms with Gasteiger partial charge in [0.15, 0.2) is 0 Å². The topological polar surface area (TPSA) is 70.2 Å². The molecule has 1 spiro atoms. The average molecular weight is 494 g/mol. The molecule has 2 aromatic rings. The molecular formula is C28H36ClN5O. The number of nitrogens with zero attached hydrogens (tertiary/aromatic N) is 3. The third kappa shape index (κ3) is 4.87. The Hall–Kier alpha value is -2.34. The van der Waals surface area contributed by atoms with Crippen molar-refractivity contribution in [1.82, 2.24) is 15.3 Å². The lowest BCUT2D eigenvalue weighted by Crippen LogP contribution is -2.44. The molecule has 35 heavy (non-hydrogen) atoms. The molecule has 4 aliphatic rings. The van der Waals surface area contributed by atoms with Crippen molar-refractivity contribution in [3.63, 3.8) is 0 Å². The molecule has 0 bridgehead atoms. The SMILES string of the molecule is Cc1ccc(CNc2nc(N3CC4CC4C3)ncc2C(=O)NCC2CC3(CCCCC3)C2)cc1Cl. The molecule has 3 saturated carbocycles. The molecule has 0 radical (unpaired) electrons. The number of fused-ring (bicyclic) bond motifs is 1. The number of nitrogens with one attached hydrogen (secondary N) is 2. The lowest BCUT2D eigenvalue weighted by atomic mass is 9.56. The summed E-state index contributed by atoms with van der Waals surface area (Å²) in [6, 6.07) is 6.05. The van der Waals surface area contributed by atoms with Crippen molar-refractivity contribution in [2.24, 2.45) is 23.2 Å². The second kappa shape index (κ2) is 9.27. The molecule has 7 heteroatoms. The number of carbonyl (C=O) groups is 1. The maximum Gasteiger partial charge on any atom is 0.256 e. The number of rotatable bonds is 7. The summed E-state index contributed by atoms with van der Waals surface area (Å²) in [5, 5.41) is 7.34. The molecule has 6 rings (SSSR count). The third-order valence-corrected chi connectivity index (χ3v) is 9.29. The van der Waals surface area contributed by atoms with E-state index < -0.39 is 0 Å². The van der Waals surface area contributed by atoms with E-state index >= 15 is 0 Å². The van der Waals surface area contributed by atoms with E-state index in [0.717, 1.165) is 53.6 Å². The fraction of sp³-hybridized carbons (Fsp3) is 0.607. The Morgan fingerprint density at radius 3 is 2.69 bits per heavy atom. The van der Waals surface area contributed by atoms with Crippen LogP contribution in [0.25, 0.3) is 0 Å². The van der Waals surface area contributed by atoms with Crippen LogP contribution in [0.1, 0.15) is 72.9 Å². The number of aromatic nitrogens is 2. The van der Waals surface area contributed by atoms with Crippen LogP contribution >= 0.6 is 11.6 Å². The van der Waals surface area contributed by atoms with Gasteiger partial charge >= 0.3 is 0 Å². The van der Waals surface area contributed by atoms with Crippen LogP contribution in [0.2, 0.25) is 5.02 Å². The highest BCUT2D eigenvalue weighted by Gasteiger charge is 2.46. The first-order valence-corrected chi connectivity index (χ1v) is 13.7. The number of hydrogen-bond acceptors (Lipinski definition) is 5. The lowest BCUT2D eigenvalue weighted by molar-refractivity contribution is 0.0154. The van der Waals surface area contributed by atoms with Gasteiger partial charge in [0.2, 0.25) is 5.95 Å². The Balaban J connectivity index is 1.13. The molecule has 6 nitrogen and oxygen atoms in total. The number of benzene rings is 1. The highest BCUT2D eigenvalue weighted by atomic mass is 35.5. The second-order valence-corrected chi connectivity index (χ2v) is 12.0. The van der Waals surface area contributed by atoms with Crippen molar-refractivity contribution in [3.05, 3.63) is 46.1 Å². The number of aryl methyl sites for hydroxylation is 1. The number of amides is 1. The standard InChI is InChI=1S/C28H36ClN5O/c1-18-5-6-19(9-24(18)29)13-30-25-23(15-32-27(33-25)34-16-21-10-22(21)17-34)26(35)31-14-20-11-28(12-20)7-3-2-4-8-28/h5-6,9,15,20-22H,2-4,7-8,10-14,16-17H2,1H3,(H,31,35)(H,30,32,33). The van der Waals surface area contributed by atoms with E-state index in [1.54, 1.807) is 6.20 Å². The van der Waals surface area contributed by atoms with Gasteiger partial charge in [0, 0.05) is 37.4 Å². The summed E-state index contributed by atoms with van der Waals surface area (Å²) >= 11 is 6.33. The molecule has 186 valence electrons. The maximum absolute atomic E-state index is 13.2. The van der Waals surface area contributed by atoms with E-state index in [1.807, 2.05) is 19.1 Å². The summed E-state index contributed by atoms with van der Waals surface area (Å²) in [4.78, 5) is 24.9. The van der Waals surface area contributed by atoms with Crippen LogP contribution in [0.4, 0.5) is 11.8 Å². The predicted molar refractivity (Wildman–Crippen MR) is 140 cm³/mol. The largest absolute Gasteiger partial charge is 0.365 e. The van der Waals surface area contributed by atoms with E-state index in [9.17, 15) is 4.79 Å². The first kappa shape index (κ1) is 23.1. The van der Waals surface area contributed by atoms with Crippen molar-refractivity contribution in [2.75, 3.05) is 29.9 Å². The Labute approximate surface area is 213 Å². The fourth-order valence-corrected chi connectivity index (χ4v) is 6.87. The Morgan fingerprint density at radius 2 is 1.94 bits per heavy atom. The van der Waals surface area contributed by atoms with Crippen molar-refractivity contribution in [3.8, 4) is 0 Å². The molecular weight excluding hydrogens is 458 g/mol. The summed E-state index contributed by atoms with van der Waals surface area (Å²) in [6.45, 7) is 5.33. The number of hydrogen-bond donors (Lipinski definition) is 2. The second-order valence-electron chi connectivity index (χ2n) is 11.6. The van der Waals surface area contributed by atoms with Crippen LogP contribution in [-0.2, 0) is 6.54 Å². The van der Waals surface area contributed by atoms with Gasteiger partial charge in [0.25, 0.3) is 5.91 Å². The minimum atomic E-state index is -0.0881. The molecule has 2 heterocycles. The number of halogens is 1. The van der Waals surface area contributed by atoms with Gasteiger partial charge in [0.1, 0.15) is 11.4 Å². The highest BCUT2D eigenvalue weighted by Crippen LogP contribution is 2.54. The minimum Gasteiger partial charge on any atom is -0.365 e. The molecule has 3 aliphatic carbocycles. The molecule has 4 fully saturated rings. The summed E-state index contributed by atoms with van der Waals surface area (Å²) in [5.41, 5.74) is 3.21. The summed E-state index contributed by atoms with van der Waals surface area (Å²) in [6.07, 6.45) is 12.5. The lowest BCUT2D eigenvalue weighted by Gasteiger charge is -2.50. The molecule has 1 saturated heterocycles. The predicted octanol–water partition coefficient (Wildman–Crippen LogP) is 5.60. The van der Waals surface area contributed by atoms with Gasteiger partial charge in [-0.05, 0) is 79.4 Å². The average Bonchev–Trinajstić information content (AvgIpc) is 3.46. The normalized spacial score (nSPS) is 24.7. The maximum atomic E-state index is 13.2. The first-order chi connectivity index (χ1) is 17.0. The van der Waals surface area contributed by atoms with Crippen molar-refractivity contribution in [1.29, 1.82) is 0 Å². The molecule has 2 atom stereocenters. The van der Waals surface area contributed by atoms with Crippen molar-refractivity contribution < 1.29 is 4.79 Å². The fourth-order valence-electron chi connectivity index (χ4n) is 6.67. The zero-order valence-corrected chi connectivity index (χ0v) is 21.4. The smallest absolute Gasteiger partial charge is 0.256 e. The first-order valence-electron chi connectivity index (χ1n) is 13.4. The zero-order valence-electron chi connectivity index (χ0n) is 20.7. The molecule has 1 aromatic carbocycles. The Morgan fingerprint density at radius 1 is 1.17 bits per heavy atom. The number of piperidine rings is 1. The Bertz CT molecular complexity index is 1100. The van der Waals surface area contributed by atoms with E-state index in [0.29, 0.717) is 29.3 Å². The van der Waals surface area contributed by atoms with E-state index in [1.165, 1.54) is 51.4 Å². The number of carbonyl (C=O) groups excluding carboxylic acids is 1. The van der Waals surface area contributed by atoms with E-state index in [-0.39, 0.29) is 5.91 Å². The van der Waals surface area contributed by atoms with Gasteiger partial charge in [-0.15, -0.1) is 0 Å². The molecule has 2 unspecified atom stereocenters. The minimum absolute atomic E-state index is 0.0881. The molecule has 1 aromatic heterocycles. The van der Waals surface area contributed by atoms with E-state index in [2.05, 4.69) is 26.6 Å². The van der Waals surface area contributed by atoms with Crippen LogP contribution in [-0.4, -0.2) is 35.5 Å². The van der Waals surface area contributed by atoms with Crippen LogP contribution in [0, 0.1) is 30.1 Å². The van der Waals surface area contributed by atoms with Gasteiger partial charge in [0.05, 0.1) is 0 Å². The highest BCUT2D eigenvalue weighted by molar-refractivity contribution is 6.31. The summed E-state index contributed by atoms with van der Waals surface area (Å²) in [5.74, 6) is 3.42. The van der Waals surface area contributed by atoms with Gasteiger partial charge in [-0.25, -0.2) is 4.98 Å². The quantitative estimate of drug-likeness (QED) is 0.525. The Kier molecular flexibility index (Phi) is 6.11. The van der Waals surface area contributed by atoms with Gasteiger partial charge < -0.3 is 15.5 Å². The van der Waals surface area contributed by atoms with Gasteiger partial charge in [-0.3, -0.25) is 4.79 Å². The van der Waals surface area contributed by atoms with Crippen LogP contribution in [0.5, 0.6) is 0 Å². The van der Waals surface area contributed by atoms with Gasteiger partial charge in [-0.1, -0.05) is 43.0 Å². The number of anilines is 2. The molecule has 1 aliphatic heterocycles. The summed E-state index contributed by atoms with van der Waals surface area (Å²) < 4.78 is 0. The van der Waals surface area contributed by atoms with Crippen LogP contribution in [0.3, 0.4) is 0 Å². The summed E-state index contributed by atoms with van der Waals surface area (Å²) in [7, 11) is 0. The zero-order chi connectivity index (χ0) is 24.0. The monoisotopic (exact) mass is 493 g/mol. The van der Waals surface area contributed by atoms with Crippen LogP contribution in [0.15, 0.2) is 24.4 Å². The van der Waals surface area contributed by atoms with Crippen molar-refractivity contribution >= 4 is 29.3 Å². The van der Waals surface area contributed by atoms with E-state index in [4.69, 9.17) is 16.6 Å².